The van der Waals surface area contributed by atoms with E-state index in [1.807, 2.05) is 47.1 Å². The molecular weight excluding hydrogens is 392 g/mol. The minimum absolute atomic E-state index is 0.152. The van der Waals surface area contributed by atoms with Crippen LogP contribution in [0, 0.1) is 13.8 Å². The van der Waals surface area contributed by atoms with E-state index in [1.165, 1.54) is 5.56 Å². The Bertz CT molecular complexity index is 961. The summed E-state index contributed by atoms with van der Waals surface area (Å²) in [5.41, 5.74) is 4.27. The number of thioether (sulfide) groups is 1. The summed E-state index contributed by atoms with van der Waals surface area (Å²) in [7, 11) is 1.96. The van der Waals surface area contributed by atoms with E-state index >= 15 is 0 Å². The lowest BCUT2D eigenvalue weighted by Gasteiger charge is -2.25. The molecule has 1 saturated heterocycles. The third-order valence-corrected chi connectivity index (χ3v) is 7.11. The molecule has 1 aliphatic heterocycles. The Morgan fingerprint density at radius 3 is 3.00 bits per heavy atom. The van der Waals surface area contributed by atoms with E-state index < -0.39 is 0 Å². The molecule has 1 aliphatic rings. The van der Waals surface area contributed by atoms with Crippen molar-refractivity contribution in [2.75, 3.05) is 12.3 Å². The van der Waals surface area contributed by atoms with Crippen LogP contribution in [-0.4, -0.2) is 38.0 Å². The van der Waals surface area contributed by atoms with Crippen LogP contribution in [0.15, 0.2) is 28.1 Å². The summed E-state index contributed by atoms with van der Waals surface area (Å²) in [5.74, 6) is 2.11. The summed E-state index contributed by atoms with van der Waals surface area (Å²) in [6.07, 6.45) is 2.06. The normalized spacial score (nSPS) is 16.8. The smallest absolute Gasteiger partial charge is 0.233 e. The first-order chi connectivity index (χ1) is 13.5. The van der Waals surface area contributed by atoms with Crippen LogP contribution in [-0.2, 0) is 17.6 Å². The van der Waals surface area contributed by atoms with Gasteiger partial charge in [0.1, 0.15) is 0 Å². The number of nitrogens with zero attached hydrogens (tertiary/aromatic N) is 4. The van der Waals surface area contributed by atoms with Crippen molar-refractivity contribution >= 4 is 29.0 Å². The molecule has 148 valence electrons. The number of carbonyl (C=O) groups is 1. The number of likely N-dealkylation sites (tertiary alicyclic amines) is 1. The van der Waals surface area contributed by atoms with Crippen molar-refractivity contribution in [3.8, 4) is 10.6 Å². The fraction of sp³-hybridized carbons (Fsp3) is 0.450. The second kappa shape index (κ2) is 8.13. The average Bonchev–Trinajstić information content (AvgIpc) is 3.44. The van der Waals surface area contributed by atoms with Gasteiger partial charge in [0.15, 0.2) is 5.76 Å². The summed E-state index contributed by atoms with van der Waals surface area (Å²) in [6.45, 7) is 4.94. The Kier molecular flexibility index (Phi) is 5.59. The monoisotopic (exact) mass is 416 g/mol. The molecule has 0 bridgehead atoms. The number of carbonyl (C=O) groups excluding carboxylic acids is 1. The Hall–Kier alpha value is -2.06. The van der Waals surface area contributed by atoms with E-state index in [2.05, 4.69) is 17.2 Å². The molecular formula is C20H24N4O2S2. The highest BCUT2D eigenvalue weighted by molar-refractivity contribution is 7.99. The minimum Gasteiger partial charge on any atom is -0.355 e. The zero-order valence-corrected chi connectivity index (χ0v) is 18.0. The summed E-state index contributed by atoms with van der Waals surface area (Å²) in [4.78, 5) is 16.0. The van der Waals surface area contributed by atoms with Gasteiger partial charge in [-0.05, 0) is 38.1 Å². The van der Waals surface area contributed by atoms with Gasteiger partial charge in [0.25, 0.3) is 0 Å². The molecule has 8 heteroatoms. The molecule has 4 rings (SSSR count). The van der Waals surface area contributed by atoms with Crippen LogP contribution in [0.5, 0.6) is 0 Å². The van der Waals surface area contributed by atoms with Gasteiger partial charge in [-0.2, -0.15) is 5.10 Å². The molecule has 1 unspecified atom stereocenters. The van der Waals surface area contributed by atoms with Crippen molar-refractivity contribution in [1.82, 2.24) is 19.8 Å². The molecule has 6 nitrogen and oxygen atoms in total. The topological polar surface area (TPSA) is 64.2 Å². The predicted octanol–water partition coefficient (Wildman–Crippen LogP) is 4.35. The first-order valence-corrected chi connectivity index (χ1v) is 11.4. The van der Waals surface area contributed by atoms with Crippen molar-refractivity contribution in [2.45, 2.75) is 38.5 Å². The molecule has 3 aromatic heterocycles. The Morgan fingerprint density at radius 1 is 1.43 bits per heavy atom. The van der Waals surface area contributed by atoms with Gasteiger partial charge in [-0.15, -0.1) is 23.1 Å². The maximum absolute atomic E-state index is 12.9. The van der Waals surface area contributed by atoms with E-state index in [0.717, 1.165) is 47.1 Å². The summed E-state index contributed by atoms with van der Waals surface area (Å²) in [6, 6.07) is 6.12. The van der Waals surface area contributed by atoms with Gasteiger partial charge in [0.05, 0.1) is 28.1 Å². The second-order valence-corrected chi connectivity index (χ2v) is 9.04. The maximum atomic E-state index is 12.9. The summed E-state index contributed by atoms with van der Waals surface area (Å²) >= 11 is 3.22. The lowest BCUT2D eigenvalue weighted by molar-refractivity contribution is -0.129. The van der Waals surface area contributed by atoms with Crippen LogP contribution in [0.4, 0.5) is 0 Å². The van der Waals surface area contributed by atoms with E-state index in [-0.39, 0.29) is 11.9 Å². The number of hydrogen-bond acceptors (Lipinski definition) is 6. The molecule has 28 heavy (non-hydrogen) atoms. The number of hydrogen-bond donors (Lipinski definition) is 0. The molecule has 3 aromatic rings. The first kappa shape index (κ1) is 19.3. The van der Waals surface area contributed by atoms with Gasteiger partial charge >= 0.3 is 0 Å². The van der Waals surface area contributed by atoms with Gasteiger partial charge in [-0.1, -0.05) is 11.2 Å². The molecule has 0 aliphatic carbocycles. The number of amides is 1. The second-order valence-electron chi connectivity index (χ2n) is 7.11. The Morgan fingerprint density at radius 2 is 2.29 bits per heavy atom. The lowest BCUT2D eigenvalue weighted by Crippen LogP contribution is -2.32. The van der Waals surface area contributed by atoms with E-state index in [0.29, 0.717) is 11.5 Å². The van der Waals surface area contributed by atoms with Crippen molar-refractivity contribution in [2.24, 2.45) is 7.05 Å². The van der Waals surface area contributed by atoms with Gasteiger partial charge in [0.2, 0.25) is 5.91 Å². The van der Waals surface area contributed by atoms with E-state index in [1.54, 1.807) is 23.1 Å². The van der Waals surface area contributed by atoms with Crippen LogP contribution in [0.25, 0.3) is 10.6 Å². The highest BCUT2D eigenvalue weighted by Crippen LogP contribution is 2.36. The van der Waals surface area contributed by atoms with Crippen LogP contribution in [0.3, 0.4) is 0 Å². The molecule has 0 saturated carbocycles. The SMILES string of the molecule is Cc1nn(C)c(C)c1C1CCCN1C(=O)CSCc1cc(-c2cccs2)on1. The summed E-state index contributed by atoms with van der Waals surface area (Å²) < 4.78 is 7.33. The van der Waals surface area contributed by atoms with Crippen molar-refractivity contribution in [3.05, 3.63) is 46.2 Å². The molecule has 0 aromatic carbocycles. The molecule has 1 fully saturated rings. The Labute approximate surface area is 172 Å². The predicted molar refractivity (Wildman–Crippen MR) is 112 cm³/mol. The first-order valence-electron chi connectivity index (χ1n) is 9.41. The number of thiophene rings is 1. The van der Waals surface area contributed by atoms with Gasteiger partial charge in [-0.3, -0.25) is 9.48 Å². The van der Waals surface area contributed by atoms with Gasteiger partial charge < -0.3 is 9.42 Å². The van der Waals surface area contributed by atoms with E-state index in [4.69, 9.17) is 4.52 Å². The molecule has 1 atom stereocenters. The molecule has 1 amide bonds. The molecule has 4 heterocycles. The van der Waals surface area contributed by atoms with Crippen LogP contribution < -0.4 is 0 Å². The highest BCUT2D eigenvalue weighted by atomic mass is 32.2. The van der Waals surface area contributed by atoms with Gasteiger partial charge in [-0.25, -0.2) is 0 Å². The third kappa shape index (κ3) is 3.75. The Balaban J connectivity index is 1.36. The number of aromatic nitrogens is 3. The third-order valence-electron chi connectivity index (χ3n) is 5.27. The van der Waals surface area contributed by atoms with Gasteiger partial charge in [0, 0.05) is 36.7 Å². The fourth-order valence-corrected chi connectivity index (χ4v) is 5.34. The fourth-order valence-electron chi connectivity index (χ4n) is 3.88. The lowest BCUT2D eigenvalue weighted by atomic mass is 10.0. The van der Waals surface area contributed by atoms with Crippen LogP contribution >= 0.6 is 23.1 Å². The highest BCUT2D eigenvalue weighted by Gasteiger charge is 2.33. The van der Waals surface area contributed by atoms with Crippen LogP contribution in [0.2, 0.25) is 0 Å². The molecule has 0 radical (unpaired) electrons. The van der Waals surface area contributed by atoms with Crippen molar-refractivity contribution in [1.29, 1.82) is 0 Å². The minimum atomic E-state index is 0.152. The molecule has 0 N–H and O–H groups in total. The zero-order chi connectivity index (χ0) is 19.7. The quantitative estimate of drug-likeness (QED) is 0.598. The zero-order valence-electron chi connectivity index (χ0n) is 16.3. The molecule has 0 spiro atoms. The standard InChI is InChI=1S/C20H24N4O2S2/c1-13-20(14(2)23(3)21-13)16-6-4-8-24(16)19(25)12-27-11-15-10-17(26-22-15)18-7-5-9-28-18/h5,7,9-10,16H,4,6,8,11-12H2,1-3H3. The average molecular weight is 417 g/mol. The maximum Gasteiger partial charge on any atom is 0.233 e. The summed E-state index contributed by atoms with van der Waals surface area (Å²) in [5, 5.41) is 10.7. The number of rotatable bonds is 6. The van der Waals surface area contributed by atoms with Crippen molar-refractivity contribution < 1.29 is 9.32 Å². The van der Waals surface area contributed by atoms with E-state index in [9.17, 15) is 4.79 Å². The van der Waals surface area contributed by atoms with Crippen LogP contribution in [0.1, 0.15) is 41.5 Å². The van der Waals surface area contributed by atoms with Crippen molar-refractivity contribution in [3.63, 3.8) is 0 Å². The number of aryl methyl sites for hydroxylation is 2. The largest absolute Gasteiger partial charge is 0.355 e.